The number of hydrogen-bond acceptors (Lipinski definition) is 6. The van der Waals surface area contributed by atoms with Crippen molar-refractivity contribution >= 4 is 35.0 Å². The molecule has 1 saturated heterocycles. The molecule has 8 nitrogen and oxygen atoms in total. The summed E-state index contributed by atoms with van der Waals surface area (Å²) in [5, 5.41) is 16.7. The van der Waals surface area contributed by atoms with Gasteiger partial charge in [-0.25, -0.2) is 0 Å². The van der Waals surface area contributed by atoms with Gasteiger partial charge >= 0.3 is 0 Å². The summed E-state index contributed by atoms with van der Waals surface area (Å²) in [6.07, 6.45) is 3.63. The smallest absolute Gasteiger partial charge is 0.283 e. The van der Waals surface area contributed by atoms with Crippen molar-refractivity contribution in [2.75, 3.05) is 24.7 Å². The van der Waals surface area contributed by atoms with Crippen LogP contribution in [-0.2, 0) is 4.74 Å². The van der Waals surface area contributed by atoms with Crippen LogP contribution >= 0.6 is 11.8 Å². The van der Waals surface area contributed by atoms with Crippen molar-refractivity contribution in [3.8, 4) is 0 Å². The lowest BCUT2D eigenvalue weighted by Gasteiger charge is -2.14. The molecule has 1 aliphatic heterocycles. The second-order valence-corrected chi connectivity index (χ2v) is 7.34. The highest BCUT2D eigenvalue weighted by Gasteiger charge is 2.20. The number of benzene rings is 2. The Balaban J connectivity index is 1.74. The molecule has 0 aliphatic carbocycles. The van der Waals surface area contributed by atoms with Crippen molar-refractivity contribution in [3.05, 3.63) is 63.7 Å². The molecule has 1 aliphatic rings. The molecule has 2 aromatic rings. The van der Waals surface area contributed by atoms with E-state index in [-0.39, 0.29) is 23.3 Å². The molecule has 0 bridgehead atoms. The zero-order valence-electron chi connectivity index (χ0n) is 15.8. The molecule has 9 heteroatoms. The van der Waals surface area contributed by atoms with Gasteiger partial charge < -0.3 is 15.4 Å². The number of amides is 2. The van der Waals surface area contributed by atoms with Crippen molar-refractivity contribution in [2.45, 2.75) is 23.8 Å². The third kappa shape index (κ3) is 5.12. The molecule has 2 amide bonds. The summed E-state index contributed by atoms with van der Waals surface area (Å²) in [5.74, 6) is -0.847. The first kappa shape index (κ1) is 20.8. The number of nitro groups is 1. The standard InChI is InChI=1S/C20H21N3O5S/c1-29-18-9-8-13(11-17(18)23(26)27)19(24)22-16-7-3-2-6-15(16)20(25)21-12-14-5-4-10-28-14/h2-3,6-9,11,14H,4-5,10,12H2,1H3,(H,21,25)(H,22,24)/t14-/m0/s1. The highest BCUT2D eigenvalue weighted by Crippen LogP contribution is 2.28. The van der Waals surface area contributed by atoms with E-state index in [1.165, 1.54) is 30.0 Å². The maximum Gasteiger partial charge on any atom is 0.283 e. The number of carbonyl (C=O) groups excluding carboxylic acids is 2. The van der Waals surface area contributed by atoms with Crippen molar-refractivity contribution in [1.29, 1.82) is 0 Å². The molecule has 0 radical (unpaired) electrons. The lowest BCUT2D eigenvalue weighted by molar-refractivity contribution is -0.387. The minimum Gasteiger partial charge on any atom is -0.376 e. The van der Waals surface area contributed by atoms with Gasteiger partial charge in [0.25, 0.3) is 17.5 Å². The summed E-state index contributed by atoms with van der Waals surface area (Å²) in [4.78, 5) is 36.4. The average Bonchev–Trinajstić information content (AvgIpc) is 3.25. The number of nitrogens with one attached hydrogen (secondary N) is 2. The highest BCUT2D eigenvalue weighted by molar-refractivity contribution is 7.98. The molecule has 0 saturated carbocycles. The maximum atomic E-state index is 12.6. The monoisotopic (exact) mass is 415 g/mol. The van der Waals surface area contributed by atoms with E-state index in [9.17, 15) is 19.7 Å². The van der Waals surface area contributed by atoms with Gasteiger partial charge in [0.15, 0.2) is 0 Å². The highest BCUT2D eigenvalue weighted by atomic mass is 32.2. The molecular formula is C20H21N3O5S. The molecule has 29 heavy (non-hydrogen) atoms. The van der Waals surface area contributed by atoms with Gasteiger partial charge in [0.05, 0.1) is 27.2 Å². The molecule has 3 rings (SSSR count). The van der Waals surface area contributed by atoms with Crippen molar-refractivity contribution < 1.29 is 19.2 Å². The number of ether oxygens (including phenoxy) is 1. The van der Waals surface area contributed by atoms with Gasteiger partial charge in [-0.3, -0.25) is 19.7 Å². The van der Waals surface area contributed by atoms with E-state index >= 15 is 0 Å². The van der Waals surface area contributed by atoms with E-state index in [2.05, 4.69) is 10.6 Å². The third-order valence-electron chi connectivity index (χ3n) is 4.57. The van der Waals surface area contributed by atoms with Gasteiger partial charge in [0, 0.05) is 24.8 Å². The van der Waals surface area contributed by atoms with Crippen LogP contribution in [0.15, 0.2) is 47.4 Å². The van der Waals surface area contributed by atoms with Crippen LogP contribution < -0.4 is 10.6 Å². The minimum absolute atomic E-state index is 0.0104. The zero-order valence-corrected chi connectivity index (χ0v) is 16.7. The summed E-state index contributed by atoms with van der Waals surface area (Å²) in [5.41, 5.74) is 0.657. The minimum atomic E-state index is -0.528. The number of hydrogen-bond donors (Lipinski definition) is 2. The Kier molecular flexibility index (Phi) is 6.84. The number of anilines is 1. The van der Waals surface area contributed by atoms with E-state index in [0.29, 0.717) is 29.3 Å². The molecule has 152 valence electrons. The van der Waals surface area contributed by atoms with Gasteiger partial charge in [-0.05, 0) is 43.4 Å². The first-order valence-electron chi connectivity index (χ1n) is 9.12. The predicted molar refractivity (Wildman–Crippen MR) is 111 cm³/mol. The summed E-state index contributed by atoms with van der Waals surface area (Å²) in [6, 6.07) is 10.9. The summed E-state index contributed by atoms with van der Waals surface area (Å²) >= 11 is 1.23. The predicted octanol–water partition coefficient (Wildman–Crippen LogP) is 3.48. The fourth-order valence-electron chi connectivity index (χ4n) is 3.07. The molecular weight excluding hydrogens is 394 g/mol. The van der Waals surface area contributed by atoms with E-state index < -0.39 is 10.8 Å². The summed E-state index contributed by atoms with van der Waals surface area (Å²) in [7, 11) is 0. The van der Waals surface area contributed by atoms with Crippen LogP contribution in [0.4, 0.5) is 11.4 Å². The lowest BCUT2D eigenvalue weighted by Crippen LogP contribution is -2.32. The van der Waals surface area contributed by atoms with Crippen molar-refractivity contribution in [3.63, 3.8) is 0 Å². The Morgan fingerprint density at radius 1 is 1.24 bits per heavy atom. The molecule has 2 N–H and O–H groups in total. The first-order valence-corrected chi connectivity index (χ1v) is 10.3. The van der Waals surface area contributed by atoms with Gasteiger partial charge in [-0.2, -0.15) is 0 Å². The first-order chi connectivity index (χ1) is 14.0. The molecule has 0 aromatic heterocycles. The van der Waals surface area contributed by atoms with Crippen molar-refractivity contribution in [1.82, 2.24) is 5.32 Å². The number of rotatable bonds is 7. The van der Waals surface area contributed by atoms with Crippen LogP contribution in [0.5, 0.6) is 0 Å². The number of nitrogens with zero attached hydrogens (tertiary/aromatic N) is 1. The van der Waals surface area contributed by atoms with Crippen LogP contribution in [-0.4, -0.2) is 42.2 Å². The van der Waals surface area contributed by atoms with Crippen LogP contribution in [0.2, 0.25) is 0 Å². The molecule has 0 unspecified atom stereocenters. The summed E-state index contributed by atoms with van der Waals surface area (Å²) in [6.45, 7) is 1.11. The molecule has 1 heterocycles. The quantitative estimate of drug-likeness (QED) is 0.407. The van der Waals surface area contributed by atoms with E-state index in [0.717, 1.165) is 12.8 Å². The SMILES string of the molecule is CSc1ccc(C(=O)Nc2ccccc2C(=O)NC[C@@H]2CCCO2)cc1[N+](=O)[O-]. The van der Waals surface area contributed by atoms with E-state index in [4.69, 9.17) is 4.74 Å². The average molecular weight is 415 g/mol. The fourth-order valence-corrected chi connectivity index (χ4v) is 3.61. The van der Waals surface area contributed by atoms with Gasteiger partial charge in [0.1, 0.15) is 0 Å². The Hall–Kier alpha value is -2.91. The normalized spacial score (nSPS) is 15.7. The zero-order chi connectivity index (χ0) is 20.8. The Labute approximate surface area is 172 Å². The molecule has 1 atom stereocenters. The van der Waals surface area contributed by atoms with Gasteiger partial charge in [-0.15, -0.1) is 11.8 Å². The summed E-state index contributed by atoms with van der Waals surface area (Å²) < 4.78 is 5.50. The Bertz CT molecular complexity index is 928. The van der Waals surface area contributed by atoms with E-state index in [1.54, 1.807) is 30.5 Å². The molecule has 1 fully saturated rings. The topological polar surface area (TPSA) is 111 Å². The number of para-hydroxylation sites is 1. The van der Waals surface area contributed by atoms with Crippen LogP contribution in [0.3, 0.4) is 0 Å². The second kappa shape index (κ2) is 9.53. The molecule has 2 aromatic carbocycles. The van der Waals surface area contributed by atoms with Crippen molar-refractivity contribution in [2.24, 2.45) is 0 Å². The van der Waals surface area contributed by atoms with Crippen LogP contribution in [0, 0.1) is 10.1 Å². The third-order valence-corrected chi connectivity index (χ3v) is 5.36. The number of nitro benzene ring substituents is 1. The Morgan fingerprint density at radius 2 is 2.03 bits per heavy atom. The fraction of sp³-hybridized carbons (Fsp3) is 0.300. The second-order valence-electron chi connectivity index (χ2n) is 6.49. The maximum absolute atomic E-state index is 12.6. The number of thioether (sulfide) groups is 1. The molecule has 0 spiro atoms. The Morgan fingerprint density at radius 3 is 2.72 bits per heavy atom. The van der Waals surface area contributed by atoms with Crippen LogP contribution in [0.25, 0.3) is 0 Å². The number of carbonyl (C=O) groups is 2. The van der Waals surface area contributed by atoms with Crippen LogP contribution in [0.1, 0.15) is 33.6 Å². The lowest BCUT2D eigenvalue weighted by atomic mass is 10.1. The van der Waals surface area contributed by atoms with Gasteiger partial charge in [0.2, 0.25) is 0 Å². The largest absolute Gasteiger partial charge is 0.376 e. The van der Waals surface area contributed by atoms with Gasteiger partial charge in [-0.1, -0.05) is 12.1 Å². The van der Waals surface area contributed by atoms with E-state index in [1.807, 2.05) is 0 Å².